The molecule has 1 atom stereocenters. The number of rotatable bonds is 6. The Balaban J connectivity index is 1.52. The average Bonchev–Trinajstić information content (AvgIpc) is 3.11. The molecule has 0 saturated carbocycles. The number of aryl methyl sites for hydroxylation is 2. The summed E-state index contributed by atoms with van der Waals surface area (Å²) in [5.41, 5.74) is 1.61. The van der Waals surface area contributed by atoms with Crippen LogP contribution in [0.4, 0.5) is 5.69 Å². The summed E-state index contributed by atoms with van der Waals surface area (Å²) in [6.07, 6.45) is 7.93. The summed E-state index contributed by atoms with van der Waals surface area (Å²) < 4.78 is 1.71. The molecule has 2 aliphatic heterocycles. The summed E-state index contributed by atoms with van der Waals surface area (Å²) in [5, 5.41) is 7.23. The Kier molecular flexibility index (Phi) is 5.73. The van der Waals surface area contributed by atoms with Crippen molar-refractivity contribution in [2.24, 2.45) is 7.05 Å². The quantitative estimate of drug-likeness (QED) is 0.847. The second-order valence-electron chi connectivity index (χ2n) is 7.24. The molecule has 0 aliphatic carbocycles. The third-order valence-electron chi connectivity index (χ3n) is 5.29. The highest BCUT2D eigenvalue weighted by atomic mass is 16.2. The van der Waals surface area contributed by atoms with Gasteiger partial charge in [-0.2, -0.15) is 5.10 Å². The van der Waals surface area contributed by atoms with Gasteiger partial charge in [0.15, 0.2) is 0 Å². The number of piperidine rings is 1. The summed E-state index contributed by atoms with van der Waals surface area (Å²) in [4.78, 5) is 28.5. The lowest BCUT2D eigenvalue weighted by atomic mass is 9.99. The number of hydrogen-bond donors (Lipinski definition) is 1. The molecule has 3 rings (SSSR count). The predicted molar refractivity (Wildman–Crippen MR) is 96.2 cm³/mol. The molecule has 1 aromatic rings. The minimum absolute atomic E-state index is 0.0141. The SMILES string of the molecule is Cc1nn(C)cc1NC(=O)CN1CCCC[C@@H]1CCN1CCCC1=O. The van der Waals surface area contributed by atoms with E-state index in [-0.39, 0.29) is 11.8 Å². The van der Waals surface area contributed by atoms with Gasteiger partial charge in [0.1, 0.15) is 0 Å². The zero-order valence-corrected chi connectivity index (χ0v) is 15.3. The molecular formula is C18H29N5O2. The number of hydrogen-bond acceptors (Lipinski definition) is 4. The van der Waals surface area contributed by atoms with Crippen molar-refractivity contribution in [3.05, 3.63) is 11.9 Å². The highest BCUT2D eigenvalue weighted by Gasteiger charge is 2.27. The number of anilines is 1. The second kappa shape index (κ2) is 7.99. The van der Waals surface area contributed by atoms with E-state index in [1.165, 1.54) is 6.42 Å². The topological polar surface area (TPSA) is 70.5 Å². The molecule has 0 radical (unpaired) electrons. The van der Waals surface area contributed by atoms with Crippen LogP contribution < -0.4 is 5.32 Å². The van der Waals surface area contributed by atoms with Crippen LogP contribution in [0.1, 0.15) is 44.2 Å². The smallest absolute Gasteiger partial charge is 0.238 e. The van der Waals surface area contributed by atoms with Crippen molar-refractivity contribution >= 4 is 17.5 Å². The average molecular weight is 347 g/mol. The lowest BCUT2D eigenvalue weighted by Crippen LogP contribution is -2.45. The summed E-state index contributed by atoms with van der Waals surface area (Å²) >= 11 is 0. The van der Waals surface area contributed by atoms with Gasteiger partial charge in [-0.25, -0.2) is 0 Å². The lowest BCUT2D eigenvalue weighted by molar-refractivity contribution is -0.128. The van der Waals surface area contributed by atoms with Crippen LogP contribution in [0.5, 0.6) is 0 Å². The molecule has 2 fully saturated rings. The van der Waals surface area contributed by atoms with Crippen LogP contribution in [0.3, 0.4) is 0 Å². The van der Waals surface area contributed by atoms with Crippen LogP contribution in [-0.2, 0) is 16.6 Å². The summed E-state index contributed by atoms with van der Waals surface area (Å²) in [6.45, 7) is 4.98. The van der Waals surface area contributed by atoms with E-state index in [2.05, 4.69) is 15.3 Å². The van der Waals surface area contributed by atoms with E-state index >= 15 is 0 Å². The first kappa shape index (κ1) is 17.9. The monoisotopic (exact) mass is 347 g/mol. The zero-order chi connectivity index (χ0) is 17.8. The Bertz CT molecular complexity index is 627. The third-order valence-corrected chi connectivity index (χ3v) is 5.29. The molecule has 0 aromatic carbocycles. The molecule has 2 saturated heterocycles. The van der Waals surface area contributed by atoms with E-state index in [1.54, 1.807) is 4.68 Å². The molecule has 0 bridgehead atoms. The number of nitrogens with one attached hydrogen (secondary N) is 1. The number of amides is 2. The van der Waals surface area contributed by atoms with Crippen molar-refractivity contribution in [3.8, 4) is 0 Å². The molecule has 3 heterocycles. The molecule has 0 spiro atoms. The third kappa shape index (κ3) is 4.60. The van der Waals surface area contributed by atoms with Gasteiger partial charge in [0.2, 0.25) is 11.8 Å². The van der Waals surface area contributed by atoms with Gasteiger partial charge < -0.3 is 10.2 Å². The maximum atomic E-state index is 12.4. The van der Waals surface area contributed by atoms with Crippen molar-refractivity contribution in [1.82, 2.24) is 19.6 Å². The minimum Gasteiger partial charge on any atom is -0.343 e. The Morgan fingerprint density at radius 2 is 2.16 bits per heavy atom. The standard InChI is InChI=1S/C18H29N5O2/c1-14-16(12-21(2)20-14)19-17(24)13-23-9-4-3-6-15(23)8-11-22-10-5-7-18(22)25/h12,15H,3-11,13H2,1-2H3,(H,19,24)/t15-/m1/s1. The summed E-state index contributed by atoms with van der Waals surface area (Å²) in [7, 11) is 1.85. The van der Waals surface area contributed by atoms with Crippen molar-refractivity contribution < 1.29 is 9.59 Å². The van der Waals surface area contributed by atoms with Crippen LogP contribution in [0.25, 0.3) is 0 Å². The van der Waals surface area contributed by atoms with Crippen molar-refractivity contribution in [1.29, 1.82) is 0 Å². The van der Waals surface area contributed by atoms with Crippen molar-refractivity contribution in [3.63, 3.8) is 0 Å². The van der Waals surface area contributed by atoms with Gasteiger partial charge in [0, 0.05) is 38.8 Å². The fraction of sp³-hybridized carbons (Fsp3) is 0.722. The van der Waals surface area contributed by atoms with Gasteiger partial charge in [-0.1, -0.05) is 6.42 Å². The van der Waals surface area contributed by atoms with E-state index in [0.29, 0.717) is 19.0 Å². The van der Waals surface area contributed by atoms with E-state index in [4.69, 9.17) is 0 Å². The fourth-order valence-electron chi connectivity index (χ4n) is 3.94. The first-order valence-electron chi connectivity index (χ1n) is 9.35. The molecule has 25 heavy (non-hydrogen) atoms. The molecule has 7 nitrogen and oxygen atoms in total. The Labute approximate surface area is 149 Å². The first-order valence-corrected chi connectivity index (χ1v) is 9.35. The molecule has 1 N–H and O–H groups in total. The van der Waals surface area contributed by atoms with E-state index in [0.717, 1.165) is 56.7 Å². The largest absolute Gasteiger partial charge is 0.343 e. The predicted octanol–water partition coefficient (Wildman–Crippen LogP) is 1.53. The molecule has 7 heteroatoms. The number of carbonyl (C=O) groups excluding carboxylic acids is 2. The lowest BCUT2D eigenvalue weighted by Gasteiger charge is -2.36. The van der Waals surface area contributed by atoms with Gasteiger partial charge >= 0.3 is 0 Å². The van der Waals surface area contributed by atoms with Crippen LogP contribution >= 0.6 is 0 Å². The van der Waals surface area contributed by atoms with Crippen LogP contribution in [-0.4, -0.2) is 63.6 Å². The highest BCUT2D eigenvalue weighted by molar-refractivity contribution is 5.92. The van der Waals surface area contributed by atoms with Crippen molar-refractivity contribution in [2.45, 2.75) is 51.5 Å². The van der Waals surface area contributed by atoms with Crippen LogP contribution in [0.15, 0.2) is 6.20 Å². The summed E-state index contributed by atoms with van der Waals surface area (Å²) in [5.74, 6) is 0.299. The van der Waals surface area contributed by atoms with E-state index < -0.39 is 0 Å². The zero-order valence-electron chi connectivity index (χ0n) is 15.3. The summed E-state index contributed by atoms with van der Waals surface area (Å²) in [6, 6.07) is 0.392. The molecule has 2 aliphatic rings. The minimum atomic E-state index is 0.0141. The Hall–Kier alpha value is -1.89. The van der Waals surface area contributed by atoms with Crippen molar-refractivity contribution in [2.75, 3.05) is 31.5 Å². The maximum absolute atomic E-state index is 12.4. The molecule has 1 aromatic heterocycles. The molecule has 138 valence electrons. The molecular weight excluding hydrogens is 318 g/mol. The highest BCUT2D eigenvalue weighted by Crippen LogP contribution is 2.21. The second-order valence-corrected chi connectivity index (χ2v) is 7.24. The van der Waals surface area contributed by atoms with E-state index in [9.17, 15) is 9.59 Å². The number of nitrogens with zero attached hydrogens (tertiary/aromatic N) is 4. The fourth-order valence-corrected chi connectivity index (χ4v) is 3.94. The van der Waals surface area contributed by atoms with Gasteiger partial charge in [-0.05, 0) is 39.2 Å². The van der Waals surface area contributed by atoms with Gasteiger partial charge in [-0.15, -0.1) is 0 Å². The normalized spacial score (nSPS) is 21.8. The first-order chi connectivity index (χ1) is 12.0. The molecule has 2 amide bonds. The number of carbonyl (C=O) groups is 2. The van der Waals surface area contributed by atoms with Gasteiger partial charge in [0.05, 0.1) is 17.9 Å². The number of likely N-dealkylation sites (tertiary alicyclic amines) is 2. The van der Waals surface area contributed by atoms with Crippen LogP contribution in [0.2, 0.25) is 0 Å². The number of aromatic nitrogens is 2. The maximum Gasteiger partial charge on any atom is 0.238 e. The van der Waals surface area contributed by atoms with E-state index in [1.807, 2.05) is 25.1 Å². The molecule has 0 unspecified atom stereocenters. The Morgan fingerprint density at radius 3 is 2.84 bits per heavy atom. The van der Waals surface area contributed by atoms with Gasteiger partial charge in [0.25, 0.3) is 0 Å². The van der Waals surface area contributed by atoms with Crippen LogP contribution in [0, 0.1) is 6.92 Å². The van der Waals surface area contributed by atoms with Gasteiger partial charge in [-0.3, -0.25) is 19.2 Å². The Morgan fingerprint density at radius 1 is 1.32 bits per heavy atom.